The van der Waals surface area contributed by atoms with Gasteiger partial charge in [-0.2, -0.15) is 0 Å². The van der Waals surface area contributed by atoms with Gasteiger partial charge in [-0.15, -0.1) is 0 Å². The molecule has 3 nitrogen and oxygen atoms in total. The number of hydrogen-bond donors (Lipinski definition) is 0. The summed E-state index contributed by atoms with van der Waals surface area (Å²) in [5, 5.41) is 1.04. The normalized spacial score (nSPS) is 23.4. The van der Waals surface area contributed by atoms with Crippen molar-refractivity contribution < 1.29 is 4.79 Å². The lowest BCUT2D eigenvalue weighted by molar-refractivity contribution is -0.135. The van der Waals surface area contributed by atoms with E-state index in [2.05, 4.69) is 11.8 Å². The second kappa shape index (κ2) is 7.42. The average Bonchev–Trinajstić information content (AvgIpc) is 3.05. The first-order valence-electron chi connectivity index (χ1n) is 8.52. The Bertz CT molecular complexity index is 572. The molecule has 3 rings (SSSR count). The lowest BCUT2D eigenvalue weighted by Gasteiger charge is -2.42. The fraction of sp³-hybridized carbons (Fsp3) is 0.611. The van der Waals surface area contributed by atoms with E-state index < -0.39 is 0 Å². The first kappa shape index (κ1) is 17.1. The average molecular weight is 355 g/mol. The van der Waals surface area contributed by atoms with Gasteiger partial charge in [-0.1, -0.05) is 42.1 Å². The Morgan fingerprint density at radius 2 is 1.91 bits per heavy atom. The number of amides is 1. The zero-order valence-electron chi connectivity index (χ0n) is 13.6. The summed E-state index contributed by atoms with van der Waals surface area (Å²) in [6.45, 7) is 4.99. The van der Waals surface area contributed by atoms with Crippen molar-refractivity contribution in [2.24, 2.45) is 0 Å². The van der Waals surface area contributed by atoms with Crippen molar-refractivity contribution in [1.82, 2.24) is 9.80 Å². The van der Waals surface area contributed by atoms with Gasteiger partial charge in [-0.05, 0) is 37.5 Å². The summed E-state index contributed by atoms with van der Waals surface area (Å²) >= 11 is 12.0. The summed E-state index contributed by atoms with van der Waals surface area (Å²) in [5.41, 5.74) is 0.926. The molecule has 1 aliphatic heterocycles. The third-order valence-electron chi connectivity index (χ3n) is 5.16. The summed E-state index contributed by atoms with van der Waals surface area (Å²) < 4.78 is 0. The Morgan fingerprint density at radius 3 is 2.57 bits per heavy atom. The monoisotopic (exact) mass is 354 g/mol. The Hall–Kier alpha value is -0.770. The Kier molecular flexibility index (Phi) is 5.50. The molecule has 1 amide bonds. The van der Waals surface area contributed by atoms with Gasteiger partial charge in [0.2, 0.25) is 5.91 Å². The summed E-state index contributed by atoms with van der Waals surface area (Å²) in [7, 11) is 0. The Labute approximate surface area is 148 Å². The van der Waals surface area contributed by atoms with E-state index in [0.29, 0.717) is 16.5 Å². The largest absolute Gasteiger partial charge is 0.337 e. The van der Waals surface area contributed by atoms with E-state index in [-0.39, 0.29) is 11.9 Å². The van der Waals surface area contributed by atoms with Crippen LogP contribution in [0.25, 0.3) is 0 Å². The zero-order valence-corrected chi connectivity index (χ0v) is 15.1. The van der Waals surface area contributed by atoms with E-state index in [1.54, 1.807) is 12.1 Å². The van der Waals surface area contributed by atoms with Gasteiger partial charge in [0.15, 0.2) is 0 Å². The molecule has 1 heterocycles. The Balaban J connectivity index is 1.58. The number of piperazine rings is 1. The molecule has 1 saturated heterocycles. The van der Waals surface area contributed by atoms with Gasteiger partial charge < -0.3 is 4.90 Å². The zero-order chi connectivity index (χ0) is 16.4. The van der Waals surface area contributed by atoms with E-state index in [4.69, 9.17) is 23.2 Å². The van der Waals surface area contributed by atoms with Crippen LogP contribution in [0.3, 0.4) is 0 Å². The van der Waals surface area contributed by atoms with E-state index in [0.717, 1.165) is 31.2 Å². The fourth-order valence-corrected chi connectivity index (χ4v) is 4.20. The highest BCUT2D eigenvalue weighted by atomic mass is 35.5. The first-order valence-corrected chi connectivity index (χ1v) is 9.27. The van der Waals surface area contributed by atoms with Crippen LogP contribution in [0.4, 0.5) is 0 Å². The number of rotatable bonds is 3. The van der Waals surface area contributed by atoms with Crippen LogP contribution in [0, 0.1) is 0 Å². The van der Waals surface area contributed by atoms with Gasteiger partial charge in [-0.3, -0.25) is 9.69 Å². The third-order valence-corrected chi connectivity index (χ3v) is 5.90. The standard InChI is InChI=1S/C18H24Cl2N2O/c1-13-12-21(15-4-2-3-5-15)8-9-22(13)18(23)11-14-6-7-16(19)17(20)10-14/h6-7,10,13,15H,2-5,8-9,11-12H2,1H3. The van der Waals surface area contributed by atoms with Crippen molar-refractivity contribution in [2.75, 3.05) is 19.6 Å². The van der Waals surface area contributed by atoms with Crippen LogP contribution < -0.4 is 0 Å². The molecule has 0 bridgehead atoms. The molecule has 0 aromatic heterocycles. The SMILES string of the molecule is CC1CN(C2CCCC2)CCN1C(=O)Cc1ccc(Cl)c(Cl)c1. The molecule has 1 aliphatic carbocycles. The van der Waals surface area contributed by atoms with Gasteiger partial charge in [0.05, 0.1) is 16.5 Å². The van der Waals surface area contributed by atoms with Crippen LogP contribution in [0.5, 0.6) is 0 Å². The van der Waals surface area contributed by atoms with Crippen molar-refractivity contribution in [3.05, 3.63) is 33.8 Å². The van der Waals surface area contributed by atoms with Gasteiger partial charge in [-0.25, -0.2) is 0 Å². The summed E-state index contributed by atoms with van der Waals surface area (Å²) in [4.78, 5) is 17.2. The molecule has 1 aromatic rings. The summed E-state index contributed by atoms with van der Waals surface area (Å²) in [5.74, 6) is 0.182. The van der Waals surface area contributed by atoms with E-state index >= 15 is 0 Å². The molecule has 0 N–H and O–H groups in total. The summed E-state index contributed by atoms with van der Waals surface area (Å²) in [6.07, 6.45) is 5.75. The molecule has 0 radical (unpaired) electrons. The molecule has 126 valence electrons. The lowest BCUT2D eigenvalue weighted by atomic mass is 10.1. The van der Waals surface area contributed by atoms with E-state index in [1.807, 2.05) is 11.0 Å². The molecule has 2 aliphatic rings. The van der Waals surface area contributed by atoms with Gasteiger partial charge in [0, 0.05) is 31.7 Å². The predicted molar refractivity (Wildman–Crippen MR) is 95.2 cm³/mol. The Morgan fingerprint density at radius 1 is 1.17 bits per heavy atom. The molecule has 23 heavy (non-hydrogen) atoms. The highest BCUT2D eigenvalue weighted by Gasteiger charge is 2.31. The smallest absolute Gasteiger partial charge is 0.227 e. The van der Waals surface area contributed by atoms with Crippen molar-refractivity contribution in [3.8, 4) is 0 Å². The fourth-order valence-electron chi connectivity index (χ4n) is 3.88. The molecule has 0 spiro atoms. The highest BCUT2D eigenvalue weighted by molar-refractivity contribution is 6.42. The van der Waals surface area contributed by atoms with Gasteiger partial charge in [0.25, 0.3) is 0 Å². The number of hydrogen-bond acceptors (Lipinski definition) is 2. The van der Waals surface area contributed by atoms with Crippen LogP contribution >= 0.6 is 23.2 Å². The van der Waals surface area contributed by atoms with Crippen LogP contribution in [-0.2, 0) is 11.2 Å². The minimum Gasteiger partial charge on any atom is -0.337 e. The number of benzene rings is 1. The van der Waals surface area contributed by atoms with Crippen molar-refractivity contribution >= 4 is 29.1 Å². The predicted octanol–water partition coefficient (Wildman–Crippen LogP) is 4.01. The second-order valence-electron chi connectivity index (χ2n) is 6.79. The maximum atomic E-state index is 12.6. The molecular formula is C18H24Cl2N2O. The molecule has 1 atom stereocenters. The summed E-state index contributed by atoms with van der Waals surface area (Å²) in [6, 6.07) is 6.45. The third kappa shape index (κ3) is 4.01. The van der Waals surface area contributed by atoms with Crippen molar-refractivity contribution in [2.45, 2.75) is 51.1 Å². The minimum atomic E-state index is 0.182. The highest BCUT2D eigenvalue weighted by Crippen LogP contribution is 2.26. The lowest BCUT2D eigenvalue weighted by Crippen LogP contribution is -2.56. The van der Waals surface area contributed by atoms with Crippen LogP contribution in [0.1, 0.15) is 38.2 Å². The number of halogens is 2. The van der Waals surface area contributed by atoms with E-state index in [9.17, 15) is 4.79 Å². The topological polar surface area (TPSA) is 23.6 Å². The first-order chi connectivity index (χ1) is 11.0. The van der Waals surface area contributed by atoms with Gasteiger partial charge >= 0.3 is 0 Å². The van der Waals surface area contributed by atoms with Crippen LogP contribution in [-0.4, -0.2) is 47.4 Å². The molecule has 2 fully saturated rings. The second-order valence-corrected chi connectivity index (χ2v) is 7.61. The molecule has 5 heteroatoms. The van der Waals surface area contributed by atoms with E-state index in [1.165, 1.54) is 25.7 Å². The van der Waals surface area contributed by atoms with Crippen molar-refractivity contribution in [3.63, 3.8) is 0 Å². The molecule has 1 unspecified atom stereocenters. The maximum absolute atomic E-state index is 12.6. The number of nitrogens with zero attached hydrogens (tertiary/aromatic N) is 2. The molecular weight excluding hydrogens is 331 g/mol. The van der Waals surface area contributed by atoms with Crippen LogP contribution in [0.2, 0.25) is 10.0 Å². The quantitative estimate of drug-likeness (QED) is 0.818. The molecule has 1 aromatic carbocycles. The number of carbonyl (C=O) groups is 1. The minimum absolute atomic E-state index is 0.182. The van der Waals surface area contributed by atoms with Crippen molar-refractivity contribution in [1.29, 1.82) is 0 Å². The molecule has 1 saturated carbocycles. The number of carbonyl (C=O) groups excluding carboxylic acids is 1. The maximum Gasteiger partial charge on any atom is 0.227 e. The van der Waals surface area contributed by atoms with Gasteiger partial charge in [0.1, 0.15) is 0 Å². The van der Waals surface area contributed by atoms with Crippen LogP contribution in [0.15, 0.2) is 18.2 Å².